The van der Waals surface area contributed by atoms with E-state index < -0.39 is 5.91 Å². The summed E-state index contributed by atoms with van der Waals surface area (Å²) in [6.45, 7) is 4.42. The van der Waals surface area contributed by atoms with Gasteiger partial charge in [-0.2, -0.15) is 0 Å². The number of ketones is 1. The molecule has 0 fully saturated rings. The minimum Gasteiger partial charge on any atom is -0.507 e. The van der Waals surface area contributed by atoms with E-state index in [1.54, 1.807) is 42.5 Å². The quantitative estimate of drug-likeness (QED) is 0.166. The van der Waals surface area contributed by atoms with Crippen molar-refractivity contribution in [3.05, 3.63) is 82.9 Å². The van der Waals surface area contributed by atoms with Crippen molar-refractivity contribution >= 4 is 23.4 Å². The molecule has 0 heterocycles. The van der Waals surface area contributed by atoms with E-state index in [2.05, 4.69) is 22.9 Å². The van der Waals surface area contributed by atoms with Crippen LogP contribution in [0.15, 0.2) is 60.7 Å². The molecule has 3 aromatic rings. The molecule has 3 amide bonds. The number of urea groups is 1. The molecule has 0 radical (unpaired) electrons. The third-order valence-corrected chi connectivity index (χ3v) is 6.56. The summed E-state index contributed by atoms with van der Waals surface area (Å²) >= 11 is 0. The number of hydrogen-bond donors (Lipinski definition) is 4. The summed E-state index contributed by atoms with van der Waals surface area (Å²) in [5.41, 5.74) is 2.89. The van der Waals surface area contributed by atoms with Gasteiger partial charge in [-0.3, -0.25) is 9.59 Å². The fraction of sp³-hybridized carbons (Fsp3) is 0.323. The smallest absolute Gasteiger partial charge is 0.319 e. The molecule has 0 saturated carbocycles. The number of ether oxygens (including phenoxy) is 2. The molecule has 0 aliphatic rings. The monoisotopic (exact) mass is 547 g/mol. The molecule has 1 atom stereocenters. The molecule has 0 bridgehead atoms. The number of anilines is 1. The van der Waals surface area contributed by atoms with Crippen molar-refractivity contribution < 1.29 is 29.0 Å². The van der Waals surface area contributed by atoms with Crippen molar-refractivity contribution in [2.24, 2.45) is 0 Å². The van der Waals surface area contributed by atoms with Crippen LogP contribution in [0.3, 0.4) is 0 Å². The third-order valence-electron chi connectivity index (χ3n) is 6.56. The third kappa shape index (κ3) is 7.75. The number of amides is 3. The van der Waals surface area contributed by atoms with Crippen LogP contribution in [0.2, 0.25) is 0 Å². The molecular formula is C31H37N3O6. The van der Waals surface area contributed by atoms with Crippen LogP contribution in [0, 0.1) is 0 Å². The molecule has 212 valence electrons. The summed E-state index contributed by atoms with van der Waals surface area (Å²) in [5.74, 6) is -0.0248. The maximum absolute atomic E-state index is 12.7. The van der Waals surface area contributed by atoms with Crippen molar-refractivity contribution in [1.29, 1.82) is 0 Å². The molecule has 9 heteroatoms. The van der Waals surface area contributed by atoms with Crippen LogP contribution in [-0.2, 0) is 0 Å². The van der Waals surface area contributed by atoms with Gasteiger partial charge in [0, 0.05) is 30.3 Å². The van der Waals surface area contributed by atoms with Crippen molar-refractivity contribution in [1.82, 2.24) is 10.6 Å². The Morgan fingerprint density at radius 1 is 0.875 bits per heavy atom. The van der Waals surface area contributed by atoms with Crippen LogP contribution < -0.4 is 25.4 Å². The Bertz CT molecular complexity index is 1320. The number of Topliss-reactive ketones (excluding diaryl/α,β-unsaturated/α-hetero) is 1. The van der Waals surface area contributed by atoms with Gasteiger partial charge in [-0.05, 0) is 67.3 Å². The molecule has 3 rings (SSSR count). The van der Waals surface area contributed by atoms with E-state index in [9.17, 15) is 19.5 Å². The molecule has 0 aliphatic carbocycles. The Balaban J connectivity index is 1.91. The molecule has 1 unspecified atom stereocenters. The van der Waals surface area contributed by atoms with E-state index in [1.807, 2.05) is 12.1 Å². The summed E-state index contributed by atoms with van der Waals surface area (Å²) in [5, 5.41) is 18.6. The first kappa shape index (κ1) is 30.0. The second kappa shape index (κ2) is 14.6. The van der Waals surface area contributed by atoms with Gasteiger partial charge in [-0.25, -0.2) is 4.79 Å². The SMILES string of the molecule is CCCCNC(=O)Nc1ccc(C(CCNC(=O)c2ccccc2O)c2cc(OC)c(OC)cc2C(C)=O)cc1. The fourth-order valence-corrected chi connectivity index (χ4v) is 4.43. The predicted molar refractivity (Wildman–Crippen MR) is 155 cm³/mol. The lowest BCUT2D eigenvalue weighted by atomic mass is 9.84. The molecule has 4 N–H and O–H groups in total. The highest BCUT2D eigenvalue weighted by Crippen LogP contribution is 2.38. The summed E-state index contributed by atoms with van der Waals surface area (Å²) in [6.07, 6.45) is 2.33. The van der Waals surface area contributed by atoms with E-state index >= 15 is 0 Å². The number of phenolic OH excluding ortho intramolecular Hbond substituents is 1. The first-order valence-corrected chi connectivity index (χ1v) is 13.3. The van der Waals surface area contributed by atoms with Crippen LogP contribution in [0.5, 0.6) is 17.2 Å². The number of hydrogen-bond acceptors (Lipinski definition) is 6. The van der Waals surface area contributed by atoms with Crippen LogP contribution in [0.4, 0.5) is 10.5 Å². The minimum absolute atomic E-state index is 0.0999. The predicted octanol–water partition coefficient (Wildman–Crippen LogP) is 5.49. The maximum atomic E-state index is 12.7. The average Bonchev–Trinajstić information content (AvgIpc) is 2.95. The van der Waals surface area contributed by atoms with Gasteiger partial charge >= 0.3 is 6.03 Å². The second-order valence-electron chi connectivity index (χ2n) is 9.32. The van der Waals surface area contributed by atoms with Crippen LogP contribution in [0.25, 0.3) is 0 Å². The minimum atomic E-state index is -0.399. The van der Waals surface area contributed by atoms with Gasteiger partial charge in [0.15, 0.2) is 17.3 Å². The Kier molecular flexibility index (Phi) is 10.9. The van der Waals surface area contributed by atoms with E-state index in [0.29, 0.717) is 35.7 Å². The van der Waals surface area contributed by atoms with Crippen molar-refractivity contribution in [3.63, 3.8) is 0 Å². The number of benzene rings is 3. The lowest BCUT2D eigenvalue weighted by molar-refractivity contribution is 0.0948. The highest BCUT2D eigenvalue weighted by atomic mass is 16.5. The highest BCUT2D eigenvalue weighted by Gasteiger charge is 2.23. The number of nitrogens with one attached hydrogen (secondary N) is 3. The van der Waals surface area contributed by atoms with E-state index in [-0.39, 0.29) is 35.6 Å². The number of aromatic hydroxyl groups is 1. The zero-order valence-electron chi connectivity index (χ0n) is 23.4. The lowest BCUT2D eigenvalue weighted by Gasteiger charge is -2.23. The van der Waals surface area contributed by atoms with Gasteiger partial charge in [0.1, 0.15) is 5.75 Å². The molecule has 9 nitrogen and oxygen atoms in total. The largest absolute Gasteiger partial charge is 0.507 e. The Hall–Kier alpha value is -4.53. The Morgan fingerprint density at radius 2 is 1.55 bits per heavy atom. The van der Waals surface area contributed by atoms with Crippen LogP contribution >= 0.6 is 0 Å². The van der Waals surface area contributed by atoms with Crippen molar-refractivity contribution in [3.8, 4) is 17.2 Å². The number of rotatable bonds is 13. The van der Waals surface area contributed by atoms with Crippen molar-refractivity contribution in [2.75, 3.05) is 32.6 Å². The van der Waals surface area contributed by atoms with E-state index in [4.69, 9.17) is 9.47 Å². The Labute approximate surface area is 234 Å². The number of methoxy groups -OCH3 is 2. The molecule has 40 heavy (non-hydrogen) atoms. The van der Waals surface area contributed by atoms with Gasteiger partial charge < -0.3 is 30.5 Å². The summed E-state index contributed by atoms with van der Waals surface area (Å²) in [4.78, 5) is 37.6. The molecule has 3 aromatic carbocycles. The highest BCUT2D eigenvalue weighted by molar-refractivity contribution is 5.97. The number of phenols is 1. The zero-order valence-corrected chi connectivity index (χ0v) is 23.4. The Morgan fingerprint density at radius 3 is 2.17 bits per heavy atom. The number of unbranched alkanes of at least 4 members (excludes halogenated alkanes) is 1. The van der Waals surface area contributed by atoms with E-state index in [1.165, 1.54) is 27.2 Å². The second-order valence-corrected chi connectivity index (χ2v) is 9.32. The normalized spacial score (nSPS) is 11.3. The maximum Gasteiger partial charge on any atom is 0.319 e. The molecule has 0 saturated heterocycles. The fourth-order valence-electron chi connectivity index (χ4n) is 4.43. The molecule has 0 spiro atoms. The number of para-hydroxylation sites is 1. The molecule has 0 aliphatic heterocycles. The zero-order chi connectivity index (χ0) is 29.1. The topological polar surface area (TPSA) is 126 Å². The summed E-state index contributed by atoms with van der Waals surface area (Å²) in [6, 6.07) is 16.9. The van der Waals surface area contributed by atoms with Crippen molar-refractivity contribution in [2.45, 2.75) is 39.0 Å². The molecular weight excluding hydrogens is 510 g/mol. The van der Waals surface area contributed by atoms with E-state index in [0.717, 1.165) is 24.0 Å². The van der Waals surface area contributed by atoms with Gasteiger partial charge in [0.05, 0.1) is 19.8 Å². The van der Waals surface area contributed by atoms with Gasteiger partial charge in [-0.15, -0.1) is 0 Å². The lowest BCUT2D eigenvalue weighted by Crippen LogP contribution is -2.29. The first-order chi connectivity index (χ1) is 19.3. The molecule has 0 aromatic heterocycles. The summed E-state index contributed by atoms with van der Waals surface area (Å²) in [7, 11) is 3.04. The first-order valence-electron chi connectivity index (χ1n) is 13.3. The van der Waals surface area contributed by atoms with Gasteiger partial charge in [0.2, 0.25) is 0 Å². The number of carbonyl (C=O) groups is 3. The van der Waals surface area contributed by atoms with Crippen LogP contribution in [0.1, 0.15) is 70.9 Å². The summed E-state index contributed by atoms with van der Waals surface area (Å²) < 4.78 is 11.0. The van der Waals surface area contributed by atoms with Crippen LogP contribution in [-0.4, -0.2) is 50.1 Å². The standard InChI is InChI=1S/C31H37N3O6/c1-5-6-16-33-31(38)34-22-13-11-21(12-14-22)23(15-17-32-30(37)24-9-7-8-10-27(24)36)26-19-29(40-4)28(39-3)18-25(26)20(2)35/h7-14,18-19,23,36H,5-6,15-17H2,1-4H3,(H,32,37)(H2,33,34,38). The average molecular weight is 548 g/mol. The van der Waals surface area contributed by atoms with Gasteiger partial charge in [-0.1, -0.05) is 37.6 Å². The van der Waals surface area contributed by atoms with Gasteiger partial charge in [0.25, 0.3) is 5.91 Å². The number of carbonyl (C=O) groups excluding carboxylic acids is 3.